The number of carbonyl (C=O) groups excluding carboxylic acids is 1. The second-order valence-electron chi connectivity index (χ2n) is 7.44. The molecule has 0 bridgehead atoms. The Morgan fingerprint density at radius 3 is 2.41 bits per heavy atom. The molecule has 4 rings (SSSR count). The Bertz CT molecular complexity index is 1340. The average Bonchev–Trinajstić information content (AvgIpc) is 3.14. The molecule has 0 atom stereocenters. The van der Waals surface area contributed by atoms with Crippen LogP contribution in [0.25, 0.3) is 22.1 Å². The third kappa shape index (κ3) is 5.00. The summed E-state index contributed by atoms with van der Waals surface area (Å²) in [7, 11) is -3.35. The average molecular weight is 450 g/mol. The number of hydrogen-bond donors (Lipinski definition) is 1. The van der Waals surface area contributed by atoms with Crippen LogP contribution in [0.3, 0.4) is 0 Å². The molecule has 32 heavy (non-hydrogen) atoms. The number of benzene rings is 3. The topological polar surface area (TPSA) is 85.6 Å². The second-order valence-corrected chi connectivity index (χ2v) is 9.58. The Balaban J connectivity index is 1.45. The fourth-order valence-corrected chi connectivity index (χ4v) is 4.35. The maximum atomic E-state index is 12.8. The zero-order valence-electron chi connectivity index (χ0n) is 17.6. The number of amides is 1. The van der Waals surface area contributed by atoms with E-state index in [1.807, 2.05) is 54.6 Å². The fraction of sp³-hybridized carbons (Fsp3) is 0.160. The van der Waals surface area contributed by atoms with Gasteiger partial charge < -0.3 is 14.5 Å². The molecule has 0 fully saturated rings. The van der Waals surface area contributed by atoms with Gasteiger partial charge in [-0.3, -0.25) is 4.79 Å². The lowest BCUT2D eigenvalue weighted by atomic mass is 10.1. The molecule has 0 radical (unpaired) electrons. The van der Waals surface area contributed by atoms with Crippen LogP contribution in [0.4, 0.5) is 0 Å². The highest BCUT2D eigenvalue weighted by Gasteiger charge is 2.23. The van der Waals surface area contributed by atoms with E-state index < -0.39 is 15.7 Å². The van der Waals surface area contributed by atoms with Gasteiger partial charge in [-0.05, 0) is 17.7 Å². The van der Waals surface area contributed by atoms with Gasteiger partial charge in [-0.15, -0.1) is 0 Å². The SMILES string of the molecule is CS(=O)(=O)Cc1c(C(=O)NCCOc2ccccc2-c2ccccc2)oc2ccccc12. The fourth-order valence-electron chi connectivity index (χ4n) is 3.54. The zero-order chi connectivity index (χ0) is 22.6. The van der Waals surface area contributed by atoms with Gasteiger partial charge in [0.25, 0.3) is 5.91 Å². The van der Waals surface area contributed by atoms with E-state index in [1.54, 1.807) is 24.3 Å². The first-order chi connectivity index (χ1) is 15.4. The molecule has 0 aliphatic heterocycles. The summed E-state index contributed by atoms with van der Waals surface area (Å²) in [6, 6.07) is 24.6. The number of para-hydroxylation sites is 2. The van der Waals surface area contributed by atoms with Crippen molar-refractivity contribution in [2.45, 2.75) is 5.75 Å². The number of furan rings is 1. The molecule has 0 saturated heterocycles. The lowest BCUT2D eigenvalue weighted by Gasteiger charge is -2.12. The van der Waals surface area contributed by atoms with Crippen molar-refractivity contribution in [1.82, 2.24) is 5.32 Å². The summed E-state index contributed by atoms with van der Waals surface area (Å²) in [5.74, 6) is -0.0103. The molecular formula is C25H23NO5S. The first-order valence-electron chi connectivity index (χ1n) is 10.2. The molecule has 1 N–H and O–H groups in total. The van der Waals surface area contributed by atoms with Crippen LogP contribution in [0.1, 0.15) is 16.1 Å². The molecular weight excluding hydrogens is 426 g/mol. The molecule has 0 aliphatic rings. The largest absolute Gasteiger partial charge is 0.491 e. The summed E-state index contributed by atoms with van der Waals surface area (Å²) in [6.45, 7) is 0.481. The van der Waals surface area contributed by atoms with Crippen LogP contribution in [0.5, 0.6) is 5.75 Å². The lowest BCUT2D eigenvalue weighted by Crippen LogP contribution is -2.28. The van der Waals surface area contributed by atoms with Crippen LogP contribution < -0.4 is 10.1 Å². The van der Waals surface area contributed by atoms with Crippen molar-refractivity contribution < 1.29 is 22.4 Å². The minimum Gasteiger partial charge on any atom is -0.491 e. The highest BCUT2D eigenvalue weighted by molar-refractivity contribution is 7.89. The number of carbonyl (C=O) groups is 1. The summed E-state index contributed by atoms with van der Waals surface area (Å²) in [5, 5.41) is 3.38. The van der Waals surface area contributed by atoms with Gasteiger partial charge in [-0.1, -0.05) is 66.7 Å². The first kappa shape index (κ1) is 21.6. The second kappa shape index (κ2) is 9.28. The van der Waals surface area contributed by atoms with Crippen molar-refractivity contribution in [3.8, 4) is 16.9 Å². The van der Waals surface area contributed by atoms with E-state index in [0.29, 0.717) is 16.5 Å². The first-order valence-corrected chi connectivity index (χ1v) is 12.2. The van der Waals surface area contributed by atoms with Crippen molar-refractivity contribution in [3.63, 3.8) is 0 Å². The summed E-state index contributed by atoms with van der Waals surface area (Å²) >= 11 is 0. The number of sulfone groups is 1. The van der Waals surface area contributed by atoms with Crippen molar-refractivity contribution in [1.29, 1.82) is 0 Å². The molecule has 7 heteroatoms. The van der Waals surface area contributed by atoms with Crippen LogP contribution in [0.2, 0.25) is 0 Å². The predicted molar refractivity (Wildman–Crippen MR) is 124 cm³/mol. The predicted octanol–water partition coefficient (Wildman–Crippen LogP) is 4.45. The van der Waals surface area contributed by atoms with Crippen molar-refractivity contribution >= 4 is 26.7 Å². The quantitative estimate of drug-likeness (QED) is 0.402. The molecule has 4 aromatic rings. The number of nitrogens with one attached hydrogen (secondary N) is 1. The van der Waals surface area contributed by atoms with Gasteiger partial charge in [0.2, 0.25) is 0 Å². The van der Waals surface area contributed by atoms with E-state index in [9.17, 15) is 13.2 Å². The maximum absolute atomic E-state index is 12.8. The van der Waals surface area contributed by atoms with Gasteiger partial charge >= 0.3 is 0 Å². The van der Waals surface area contributed by atoms with Crippen LogP contribution in [-0.4, -0.2) is 33.7 Å². The molecule has 1 amide bonds. The maximum Gasteiger partial charge on any atom is 0.287 e. The lowest BCUT2D eigenvalue weighted by molar-refractivity contribution is 0.0920. The third-order valence-electron chi connectivity index (χ3n) is 4.93. The van der Waals surface area contributed by atoms with Gasteiger partial charge in [0, 0.05) is 22.8 Å². The zero-order valence-corrected chi connectivity index (χ0v) is 18.4. The Morgan fingerprint density at radius 1 is 0.938 bits per heavy atom. The van der Waals surface area contributed by atoms with Crippen molar-refractivity contribution in [2.75, 3.05) is 19.4 Å². The molecule has 0 saturated carbocycles. The Labute approximate surface area is 186 Å². The van der Waals surface area contributed by atoms with Gasteiger partial charge in [0.15, 0.2) is 15.6 Å². The van der Waals surface area contributed by atoms with E-state index in [4.69, 9.17) is 9.15 Å². The summed E-state index contributed by atoms with van der Waals surface area (Å²) in [5.41, 5.74) is 2.85. The van der Waals surface area contributed by atoms with Gasteiger partial charge in [-0.2, -0.15) is 0 Å². The minimum absolute atomic E-state index is 0.0151. The van der Waals surface area contributed by atoms with Gasteiger partial charge in [-0.25, -0.2) is 8.42 Å². The monoisotopic (exact) mass is 449 g/mol. The third-order valence-corrected chi connectivity index (χ3v) is 5.74. The highest BCUT2D eigenvalue weighted by Crippen LogP contribution is 2.30. The molecule has 0 aliphatic carbocycles. The van der Waals surface area contributed by atoms with Gasteiger partial charge in [0.1, 0.15) is 17.9 Å². The Kier molecular flexibility index (Phi) is 6.28. The molecule has 6 nitrogen and oxygen atoms in total. The normalized spacial score (nSPS) is 11.4. The number of rotatable bonds is 8. The van der Waals surface area contributed by atoms with Crippen LogP contribution in [0, 0.1) is 0 Å². The minimum atomic E-state index is -3.35. The molecule has 0 unspecified atom stereocenters. The van der Waals surface area contributed by atoms with E-state index in [1.165, 1.54) is 0 Å². The summed E-state index contributed by atoms with van der Waals surface area (Å²) in [6.07, 6.45) is 1.13. The van der Waals surface area contributed by atoms with E-state index in [-0.39, 0.29) is 24.7 Å². The Hall–Kier alpha value is -3.58. The molecule has 3 aromatic carbocycles. The molecule has 1 heterocycles. The number of ether oxygens (including phenoxy) is 1. The summed E-state index contributed by atoms with van der Waals surface area (Å²) < 4.78 is 35.4. The van der Waals surface area contributed by atoms with E-state index >= 15 is 0 Å². The van der Waals surface area contributed by atoms with E-state index in [2.05, 4.69) is 5.32 Å². The van der Waals surface area contributed by atoms with Crippen LogP contribution in [0.15, 0.2) is 83.3 Å². The van der Waals surface area contributed by atoms with Crippen molar-refractivity contribution in [2.24, 2.45) is 0 Å². The number of fused-ring (bicyclic) bond motifs is 1. The van der Waals surface area contributed by atoms with Crippen LogP contribution >= 0.6 is 0 Å². The van der Waals surface area contributed by atoms with Crippen LogP contribution in [-0.2, 0) is 15.6 Å². The van der Waals surface area contributed by atoms with E-state index in [0.717, 1.165) is 23.1 Å². The Morgan fingerprint density at radius 2 is 1.62 bits per heavy atom. The molecule has 0 spiro atoms. The standard InChI is InChI=1S/C25H23NO5S/c1-32(28,29)17-21-20-12-6-8-14-23(20)31-24(21)25(27)26-15-16-30-22-13-7-5-11-19(22)18-9-3-2-4-10-18/h2-14H,15-17H2,1H3,(H,26,27). The number of hydrogen-bond acceptors (Lipinski definition) is 5. The summed E-state index contributed by atoms with van der Waals surface area (Å²) in [4.78, 5) is 12.8. The smallest absolute Gasteiger partial charge is 0.287 e. The highest BCUT2D eigenvalue weighted by atomic mass is 32.2. The van der Waals surface area contributed by atoms with Gasteiger partial charge in [0.05, 0.1) is 12.3 Å². The molecule has 164 valence electrons. The molecule has 1 aromatic heterocycles. The van der Waals surface area contributed by atoms with Crippen molar-refractivity contribution in [3.05, 3.63) is 90.2 Å².